The van der Waals surface area contributed by atoms with Crippen molar-refractivity contribution in [2.45, 2.75) is 0 Å². The number of carboxylic acid groups (broad SMARTS) is 1. The number of carbonyl (C=O) groups is 1. The van der Waals surface area contributed by atoms with Gasteiger partial charge in [-0.05, 0) is 0 Å². The van der Waals surface area contributed by atoms with Crippen LogP contribution in [-0.4, -0.2) is 110 Å². The fourth-order valence-electron chi connectivity index (χ4n) is 2.44. The molecule has 194 valence electrons. The fourth-order valence-corrected chi connectivity index (χ4v) is 2.44. The van der Waals surface area contributed by atoms with Crippen molar-refractivity contribution in [1.82, 2.24) is 0 Å². The molecule has 0 amide bonds. The molecule has 0 aliphatic rings. The van der Waals surface area contributed by atoms with Gasteiger partial charge in [0.25, 0.3) is 0 Å². The molecule has 0 heterocycles. The first kappa shape index (κ1) is 29.5. The maximum Gasteiger partial charge on any atom is 0.339 e. The fraction of sp³-hybridized carbons (Fsp3) is 0.667. The lowest BCUT2D eigenvalue weighted by Crippen LogP contribution is -2.14. The topological polar surface area (TPSA) is 154 Å². The summed E-state index contributed by atoms with van der Waals surface area (Å²) in [7, 11) is 3.15. The van der Waals surface area contributed by atoms with Crippen LogP contribution in [-0.2, 0) is 28.4 Å². The molecule has 0 atom stereocenters. The highest BCUT2D eigenvalue weighted by atomic mass is 16.6. The van der Waals surface area contributed by atoms with E-state index in [1.165, 1.54) is 6.07 Å². The molecule has 1 aromatic rings. The molecule has 1 aromatic carbocycles. The predicted molar refractivity (Wildman–Crippen MR) is 118 cm³/mol. The first-order valence-electron chi connectivity index (χ1n) is 10.6. The summed E-state index contributed by atoms with van der Waals surface area (Å²) >= 11 is 0. The second-order valence-electron chi connectivity index (χ2n) is 6.51. The molecule has 0 spiro atoms. The molecule has 0 aromatic heterocycles. The van der Waals surface area contributed by atoms with Crippen molar-refractivity contribution in [3.8, 4) is 11.5 Å². The number of ether oxygens (including phenoxy) is 8. The van der Waals surface area contributed by atoms with E-state index in [2.05, 4.69) is 0 Å². The van der Waals surface area contributed by atoms with Crippen LogP contribution in [0.4, 0.5) is 5.69 Å². The van der Waals surface area contributed by atoms with Gasteiger partial charge in [-0.3, -0.25) is 10.1 Å². The number of hydrogen-bond acceptors (Lipinski definition) is 11. The van der Waals surface area contributed by atoms with Crippen molar-refractivity contribution in [2.75, 3.05) is 93.5 Å². The van der Waals surface area contributed by atoms with Crippen LogP contribution in [0.5, 0.6) is 11.5 Å². The van der Waals surface area contributed by atoms with Gasteiger partial charge in [-0.25, -0.2) is 4.79 Å². The highest BCUT2D eigenvalue weighted by molar-refractivity contribution is 5.92. The Morgan fingerprint density at radius 1 is 0.735 bits per heavy atom. The van der Waals surface area contributed by atoms with Gasteiger partial charge in [0, 0.05) is 26.4 Å². The standard InChI is InChI=1S/C21H33NO12/c1-27-3-5-29-7-9-31-11-13-33-19-16-20(18(22(25)26)15-17(19)21(23)24)34-14-12-32-10-8-30-6-4-28-2/h15-16H,3-14H2,1-2H3,(H,23,24). The van der Waals surface area contributed by atoms with Crippen LogP contribution < -0.4 is 9.47 Å². The molecular weight excluding hydrogens is 458 g/mol. The Bertz CT molecular complexity index is 660. The van der Waals surface area contributed by atoms with E-state index < -0.39 is 16.6 Å². The number of nitro groups is 1. The minimum atomic E-state index is -1.37. The average Bonchev–Trinajstić information content (AvgIpc) is 2.81. The van der Waals surface area contributed by atoms with Gasteiger partial charge >= 0.3 is 11.7 Å². The number of carboxylic acids is 1. The van der Waals surface area contributed by atoms with E-state index in [4.69, 9.17) is 37.9 Å². The lowest BCUT2D eigenvalue weighted by Gasteiger charge is -2.13. The quantitative estimate of drug-likeness (QED) is 0.142. The lowest BCUT2D eigenvalue weighted by atomic mass is 10.1. The molecule has 1 N–H and O–H groups in total. The van der Waals surface area contributed by atoms with Crippen LogP contribution in [0.3, 0.4) is 0 Å². The van der Waals surface area contributed by atoms with Gasteiger partial charge in [-0.2, -0.15) is 0 Å². The molecule has 0 radical (unpaired) electrons. The summed E-state index contributed by atoms with van der Waals surface area (Å²) in [6, 6.07) is 2.09. The van der Waals surface area contributed by atoms with E-state index in [1.807, 2.05) is 0 Å². The molecule has 13 heteroatoms. The van der Waals surface area contributed by atoms with E-state index in [0.29, 0.717) is 52.9 Å². The van der Waals surface area contributed by atoms with Gasteiger partial charge in [0.1, 0.15) is 24.5 Å². The second-order valence-corrected chi connectivity index (χ2v) is 6.51. The Kier molecular flexibility index (Phi) is 16.3. The monoisotopic (exact) mass is 491 g/mol. The summed E-state index contributed by atoms with van der Waals surface area (Å²) in [5.74, 6) is -1.56. The lowest BCUT2D eigenvalue weighted by molar-refractivity contribution is -0.385. The SMILES string of the molecule is COCCOCCOCCOc1cc(OCCOCCOCCOC)c([N+](=O)[O-])cc1C(=O)O. The highest BCUT2D eigenvalue weighted by Gasteiger charge is 2.24. The Balaban J connectivity index is 2.55. The number of hydrogen-bond donors (Lipinski definition) is 1. The van der Waals surface area contributed by atoms with Gasteiger partial charge < -0.3 is 43.0 Å². The number of nitro benzene ring substituents is 1. The molecule has 0 fully saturated rings. The molecule has 0 saturated heterocycles. The van der Waals surface area contributed by atoms with Gasteiger partial charge in [0.2, 0.25) is 5.75 Å². The largest absolute Gasteiger partial charge is 0.490 e. The van der Waals surface area contributed by atoms with Crippen molar-refractivity contribution < 1.29 is 52.7 Å². The van der Waals surface area contributed by atoms with Gasteiger partial charge in [0.05, 0.1) is 71.0 Å². The molecule has 34 heavy (non-hydrogen) atoms. The van der Waals surface area contributed by atoms with E-state index in [1.54, 1.807) is 14.2 Å². The molecule has 0 unspecified atom stereocenters. The first-order valence-corrected chi connectivity index (χ1v) is 10.6. The van der Waals surface area contributed by atoms with E-state index in [0.717, 1.165) is 6.07 Å². The summed E-state index contributed by atoms with van der Waals surface area (Å²) in [6.07, 6.45) is 0. The Labute approximate surface area is 197 Å². The summed E-state index contributed by atoms with van der Waals surface area (Å²) in [4.78, 5) is 22.2. The van der Waals surface area contributed by atoms with Gasteiger partial charge in [0.15, 0.2) is 0 Å². The third-order valence-corrected chi connectivity index (χ3v) is 4.07. The maximum atomic E-state index is 11.6. The van der Waals surface area contributed by atoms with Crippen LogP contribution in [0, 0.1) is 10.1 Å². The number of nitrogens with zero attached hydrogens (tertiary/aromatic N) is 1. The third kappa shape index (κ3) is 12.6. The van der Waals surface area contributed by atoms with Crippen LogP contribution in [0.1, 0.15) is 10.4 Å². The summed E-state index contributed by atoms with van der Waals surface area (Å²) in [6.45, 7) is 3.63. The molecule has 1 rings (SSSR count). The predicted octanol–water partition coefficient (Wildman–Crippen LogP) is 1.41. The number of rotatable bonds is 22. The summed E-state index contributed by atoms with van der Waals surface area (Å²) < 4.78 is 41.8. The molecular formula is C21H33NO12. The van der Waals surface area contributed by atoms with Crippen LogP contribution in [0.15, 0.2) is 12.1 Å². The highest BCUT2D eigenvalue weighted by Crippen LogP contribution is 2.35. The molecule has 13 nitrogen and oxygen atoms in total. The Morgan fingerprint density at radius 3 is 1.56 bits per heavy atom. The Morgan fingerprint density at radius 2 is 1.15 bits per heavy atom. The van der Waals surface area contributed by atoms with Crippen molar-refractivity contribution in [3.63, 3.8) is 0 Å². The first-order chi connectivity index (χ1) is 16.5. The minimum absolute atomic E-state index is 0.0109. The molecule has 0 aliphatic heterocycles. The average molecular weight is 491 g/mol. The molecule has 0 saturated carbocycles. The maximum absolute atomic E-state index is 11.6. The summed E-state index contributed by atoms with van der Waals surface area (Å²) in [5, 5.41) is 20.8. The summed E-state index contributed by atoms with van der Waals surface area (Å²) in [5.41, 5.74) is -0.844. The van der Waals surface area contributed by atoms with Crippen molar-refractivity contribution >= 4 is 11.7 Å². The number of methoxy groups -OCH3 is 2. The minimum Gasteiger partial charge on any atom is -0.490 e. The smallest absolute Gasteiger partial charge is 0.339 e. The molecule has 0 aliphatic carbocycles. The zero-order chi connectivity index (χ0) is 25.0. The van der Waals surface area contributed by atoms with Gasteiger partial charge in [-0.1, -0.05) is 0 Å². The molecule has 0 bridgehead atoms. The Hall–Kier alpha value is -2.55. The normalized spacial score (nSPS) is 10.9. The van der Waals surface area contributed by atoms with Crippen molar-refractivity contribution in [3.05, 3.63) is 27.8 Å². The van der Waals surface area contributed by atoms with Crippen molar-refractivity contribution in [2.24, 2.45) is 0 Å². The number of benzene rings is 1. The van der Waals surface area contributed by atoms with Crippen LogP contribution >= 0.6 is 0 Å². The van der Waals surface area contributed by atoms with Gasteiger partial charge in [-0.15, -0.1) is 0 Å². The van der Waals surface area contributed by atoms with Crippen LogP contribution in [0.25, 0.3) is 0 Å². The zero-order valence-electron chi connectivity index (χ0n) is 19.5. The van der Waals surface area contributed by atoms with E-state index in [9.17, 15) is 20.0 Å². The van der Waals surface area contributed by atoms with Crippen molar-refractivity contribution in [1.29, 1.82) is 0 Å². The third-order valence-electron chi connectivity index (χ3n) is 4.07. The number of aromatic carboxylic acids is 1. The zero-order valence-corrected chi connectivity index (χ0v) is 19.5. The van der Waals surface area contributed by atoms with E-state index >= 15 is 0 Å². The second kappa shape index (κ2) is 18.8. The van der Waals surface area contributed by atoms with E-state index in [-0.39, 0.29) is 43.5 Å². The van der Waals surface area contributed by atoms with Crippen LogP contribution in [0.2, 0.25) is 0 Å².